The van der Waals surface area contributed by atoms with E-state index in [9.17, 15) is 18.0 Å². The molecule has 0 unspecified atom stereocenters. The van der Waals surface area contributed by atoms with Crippen LogP contribution < -0.4 is 15.2 Å². The molecule has 0 aliphatic carbocycles. The van der Waals surface area contributed by atoms with Gasteiger partial charge < -0.3 is 23.5 Å². The predicted molar refractivity (Wildman–Crippen MR) is 131 cm³/mol. The molecule has 1 saturated heterocycles. The third-order valence-electron chi connectivity index (χ3n) is 6.12. The summed E-state index contributed by atoms with van der Waals surface area (Å²) in [7, 11) is 2.11. The van der Waals surface area contributed by atoms with Crippen LogP contribution in [-0.2, 0) is 6.54 Å². The highest BCUT2D eigenvalue weighted by molar-refractivity contribution is 5.58. The van der Waals surface area contributed by atoms with Crippen molar-refractivity contribution in [3.8, 4) is 28.7 Å². The van der Waals surface area contributed by atoms with Gasteiger partial charge in [-0.25, -0.2) is 0 Å². The van der Waals surface area contributed by atoms with Crippen molar-refractivity contribution in [2.45, 2.75) is 12.9 Å². The maximum Gasteiger partial charge on any atom is 0.573 e. The summed E-state index contributed by atoms with van der Waals surface area (Å²) in [6, 6.07) is 16.3. The molecule has 2 aromatic carbocycles. The number of ether oxygens (including phenoxy) is 1. The quantitative estimate of drug-likeness (QED) is 0.383. The van der Waals surface area contributed by atoms with Crippen LogP contribution in [0.2, 0.25) is 0 Å². The van der Waals surface area contributed by atoms with E-state index in [1.165, 1.54) is 30.3 Å². The number of alkyl halides is 3. The van der Waals surface area contributed by atoms with E-state index in [1.807, 2.05) is 12.1 Å². The topological polar surface area (TPSA) is 76.6 Å². The largest absolute Gasteiger partial charge is 0.573 e. The fourth-order valence-corrected chi connectivity index (χ4v) is 4.15. The zero-order valence-corrected chi connectivity index (χ0v) is 20.0. The normalized spacial score (nSPS) is 14.6. The lowest BCUT2D eigenvalue weighted by Gasteiger charge is -2.34. The van der Waals surface area contributed by atoms with Crippen molar-refractivity contribution in [2.75, 3.05) is 38.1 Å². The average molecular weight is 512 g/mol. The first kappa shape index (κ1) is 24.6. The van der Waals surface area contributed by atoms with Gasteiger partial charge in [-0.2, -0.15) is 0 Å². The van der Waals surface area contributed by atoms with Gasteiger partial charge in [0.25, 0.3) is 5.56 Å². The molecular weight excluding hydrogens is 487 g/mol. The van der Waals surface area contributed by atoms with Gasteiger partial charge in [0.2, 0.25) is 11.8 Å². The highest BCUT2D eigenvalue weighted by Crippen LogP contribution is 2.28. The van der Waals surface area contributed by atoms with Crippen molar-refractivity contribution in [2.24, 2.45) is 0 Å². The van der Waals surface area contributed by atoms with Crippen LogP contribution >= 0.6 is 0 Å². The summed E-state index contributed by atoms with van der Waals surface area (Å²) < 4.78 is 48.3. The predicted octanol–water partition coefficient (Wildman–Crippen LogP) is 4.26. The molecule has 2 aromatic heterocycles. The van der Waals surface area contributed by atoms with Crippen LogP contribution in [0.15, 0.2) is 76.1 Å². The number of pyridine rings is 1. The highest BCUT2D eigenvalue weighted by atomic mass is 19.4. The van der Waals surface area contributed by atoms with Crippen LogP contribution in [0.3, 0.4) is 0 Å². The molecule has 0 N–H and O–H groups in total. The first-order valence-corrected chi connectivity index (χ1v) is 11.7. The summed E-state index contributed by atoms with van der Waals surface area (Å²) in [6.45, 7) is 4.28. The van der Waals surface area contributed by atoms with Gasteiger partial charge in [0.05, 0.1) is 12.1 Å². The number of benzene rings is 2. The Morgan fingerprint density at radius 2 is 1.59 bits per heavy atom. The maximum absolute atomic E-state index is 12.6. The molecule has 37 heavy (non-hydrogen) atoms. The molecule has 8 nitrogen and oxygen atoms in total. The van der Waals surface area contributed by atoms with E-state index >= 15 is 0 Å². The van der Waals surface area contributed by atoms with E-state index in [0.717, 1.165) is 37.4 Å². The Balaban J connectivity index is 1.33. The SMILES string of the molecule is CN1CCN(c2cccc(Cn3cc(-c4nnc(-c5ccc(OC(F)(F)F)cc5)o4)ccc3=O)c2)CC1. The number of piperazine rings is 1. The molecule has 1 aliphatic heterocycles. The Bertz CT molecular complexity index is 1420. The minimum Gasteiger partial charge on any atom is -0.416 e. The Hall–Kier alpha value is -4.12. The lowest BCUT2D eigenvalue weighted by Crippen LogP contribution is -2.44. The number of hydrogen-bond acceptors (Lipinski definition) is 7. The minimum absolute atomic E-state index is 0.131. The summed E-state index contributed by atoms with van der Waals surface area (Å²) in [5, 5.41) is 8.05. The summed E-state index contributed by atoms with van der Waals surface area (Å²) in [4.78, 5) is 17.2. The van der Waals surface area contributed by atoms with E-state index in [4.69, 9.17) is 4.42 Å². The first-order chi connectivity index (χ1) is 17.7. The molecule has 0 radical (unpaired) electrons. The van der Waals surface area contributed by atoms with Crippen LogP contribution in [0.25, 0.3) is 22.9 Å². The summed E-state index contributed by atoms with van der Waals surface area (Å²) in [5.74, 6) is -0.0310. The van der Waals surface area contributed by atoms with Gasteiger partial charge in [-0.15, -0.1) is 23.4 Å². The van der Waals surface area contributed by atoms with Crippen molar-refractivity contribution in [3.63, 3.8) is 0 Å². The van der Waals surface area contributed by atoms with Crippen molar-refractivity contribution in [3.05, 3.63) is 82.8 Å². The van der Waals surface area contributed by atoms with E-state index < -0.39 is 6.36 Å². The third kappa shape index (κ3) is 6.00. The van der Waals surface area contributed by atoms with Gasteiger partial charge in [-0.05, 0) is 55.1 Å². The van der Waals surface area contributed by atoms with Gasteiger partial charge in [0.15, 0.2) is 0 Å². The second-order valence-corrected chi connectivity index (χ2v) is 8.83. The minimum atomic E-state index is -4.77. The number of halogens is 3. The Morgan fingerprint density at radius 1 is 0.919 bits per heavy atom. The Kier molecular flexibility index (Phi) is 6.70. The molecule has 0 spiro atoms. The van der Waals surface area contributed by atoms with Crippen LogP contribution in [-0.4, -0.2) is 59.3 Å². The highest BCUT2D eigenvalue weighted by Gasteiger charge is 2.31. The number of hydrogen-bond donors (Lipinski definition) is 0. The Labute approximate surface area is 210 Å². The monoisotopic (exact) mass is 511 g/mol. The molecular formula is C26H24F3N5O3. The van der Waals surface area contributed by atoms with Gasteiger partial charge in [0.1, 0.15) is 5.75 Å². The smallest absolute Gasteiger partial charge is 0.416 e. The molecule has 1 aliphatic rings. The number of aromatic nitrogens is 3. The molecule has 0 bridgehead atoms. The van der Waals surface area contributed by atoms with Gasteiger partial charge >= 0.3 is 6.36 Å². The van der Waals surface area contributed by atoms with Crippen LogP contribution in [0.5, 0.6) is 5.75 Å². The number of nitrogens with zero attached hydrogens (tertiary/aromatic N) is 5. The van der Waals surface area contributed by atoms with E-state index in [1.54, 1.807) is 16.8 Å². The molecule has 4 aromatic rings. The zero-order valence-electron chi connectivity index (χ0n) is 20.0. The molecule has 0 atom stereocenters. The maximum atomic E-state index is 12.6. The third-order valence-corrected chi connectivity index (χ3v) is 6.12. The van der Waals surface area contributed by atoms with Gasteiger partial charge in [0, 0.05) is 49.7 Å². The average Bonchev–Trinajstić information content (AvgIpc) is 3.36. The standard InChI is InChI=1S/C26H24F3N5O3/c1-32-11-13-33(14-12-32)21-4-2-3-18(15-21)16-34-17-20(7-10-23(34)35)25-31-30-24(36-25)19-5-8-22(9-6-19)37-26(27,28)29/h2-10,15,17H,11-14,16H2,1H3. The fourth-order valence-electron chi connectivity index (χ4n) is 4.15. The summed E-state index contributed by atoms with van der Waals surface area (Å²) in [5.41, 5.74) is 2.92. The number of anilines is 1. The molecule has 0 amide bonds. The van der Waals surface area contributed by atoms with Crippen molar-refractivity contribution >= 4 is 5.69 Å². The molecule has 192 valence electrons. The zero-order chi connectivity index (χ0) is 26.0. The van der Waals surface area contributed by atoms with Crippen molar-refractivity contribution in [1.29, 1.82) is 0 Å². The molecule has 11 heteroatoms. The van der Waals surface area contributed by atoms with Gasteiger partial charge in [-0.1, -0.05) is 12.1 Å². The van der Waals surface area contributed by atoms with Gasteiger partial charge in [-0.3, -0.25) is 4.79 Å². The van der Waals surface area contributed by atoms with E-state index in [0.29, 0.717) is 17.7 Å². The van der Waals surface area contributed by atoms with Crippen LogP contribution in [0.4, 0.5) is 18.9 Å². The molecule has 0 saturated carbocycles. The molecule has 1 fully saturated rings. The lowest BCUT2D eigenvalue weighted by molar-refractivity contribution is -0.274. The summed E-state index contributed by atoms with van der Waals surface area (Å²) >= 11 is 0. The second-order valence-electron chi connectivity index (χ2n) is 8.83. The molecule has 5 rings (SSSR count). The lowest BCUT2D eigenvalue weighted by atomic mass is 10.1. The van der Waals surface area contributed by atoms with Crippen LogP contribution in [0, 0.1) is 0 Å². The van der Waals surface area contributed by atoms with Crippen LogP contribution in [0.1, 0.15) is 5.56 Å². The number of rotatable bonds is 6. The summed E-state index contributed by atoms with van der Waals surface area (Å²) in [6.07, 6.45) is -3.11. The van der Waals surface area contributed by atoms with Crippen molar-refractivity contribution < 1.29 is 22.3 Å². The van der Waals surface area contributed by atoms with E-state index in [-0.39, 0.29) is 23.1 Å². The fraction of sp³-hybridized carbons (Fsp3) is 0.269. The molecule has 3 heterocycles. The van der Waals surface area contributed by atoms with E-state index in [2.05, 4.69) is 43.9 Å². The Morgan fingerprint density at radius 3 is 2.30 bits per heavy atom. The van der Waals surface area contributed by atoms with Crippen molar-refractivity contribution in [1.82, 2.24) is 19.7 Å². The second kappa shape index (κ2) is 10.1. The number of likely N-dealkylation sites (N-methyl/N-ethyl adjacent to an activating group) is 1. The first-order valence-electron chi connectivity index (χ1n) is 11.7.